The molecule has 8 nitrogen and oxygen atoms in total. The summed E-state index contributed by atoms with van der Waals surface area (Å²) in [6, 6.07) is 15.7. The van der Waals surface area contributed by atoms with E-state index >= 15 is 0 Å². The van der Waals surface area contributed by atoms with Gasteiger partial charge in [0.05, 0.1) is 19.5 Å². The molecule has 0 amide bonds. The molecule has 0 aliphatic rings. The predicted molar refractivity (Wildman–Crippen MR) is 127 cm³/mol. The van der Waals surface area contributed by atoms with Crippen LogP contribution in [0, 0.1) is 5.92 Å². The number of rotatable bonds is 10. The molecule has 0 unspecified atom stereocenters. The van der Waals surface area contributed by atoms with E-state index in [0.717, 1.165) is 34.3 Å². The molecule has 2 aromatic carbocycles. The van der Waals surface area contributed by atoms with Crippen LogP contribution in [0.1, 0.15) is 32.5 Å². The molecule has 33 heavy (non-hydrogen) atoms. The lowest BCUT2D eigenvalue weighted by atomic mass is 10.1. The van der Waals surface area contributed by atoms with Gasteiger partial charge in [-0.15, -0.1) is 10.2 Å². The first-order chi connectivity index (χ1) is 16.1. The Morgan fingerprint density at radius 3 is 2.61 bits per heavy atom. The molecule has 2 heterocycles. The largest absolute Gasteiger partial charge is 0.497 e. The lowest BCUT2D eigenvalue weighted by molar-refractivity contribution is 0.340. The van der Waals surface area contributed by atoms with Gasteiger partial charge < -0.3 is 14.0 Å². The van der Waals surface area contributed by atoms with E-state index in [4.69, 9.17) is 14.0 Å². The Balaban J connectivity index is 1.66. The summed E-state index contributed by atoms with van der Waals surface area (Å²) in [6.07, 6.45) is 0.764. The zero-order valence-electron chi connectivity index (χ0n) is 19.2. The Kier molecular flexibility index (Phi) is 7.29. The smallest absolute Gasteiger partial charge is 0.226 e. The normalized spacial score (nSPS) is 11.2. The molecule has 9 heteroatoms. The van der Waals surface area contributed by atoms with Crippen LogP contribution in [0.3, 0.4) is 0 Å². The zero-order chi connectivity index (χ0) is 23.2. The van der Waals surface area contributed by atoms with Crippen molar-refractivity contribution >= 4 is 11.8 Å². The molecule has 4 aromatic rings. The molecule has 2 aromatic heterocycles. The van der Waals surface area contributed by atoms with Gasteiger partial charge in [0.2, 0.25) is 5.89 Å². The molecule has 0 saturated heterocycles. The fourth-order valence-electron chi connectivity index (χ4n) is 3.31. The molecule has 4 rings (SSSR count). The molecule has 0 saturated carbocycles. The maximum Gasteiger partial charge on any atom is 0.226 e. The highest BCUT2D eigenvalue weighted by Gasteiger charge is 2.18. The van der Waals surface area contributed by atoms with Gasteiger partial charge in [-0.1, -0.05) is 42.9 Å². The van der Waals surface area contributed by atoms with Crippen LogP contribution in [0.5, 0.6) is 11.5 Å². The van der Waals surface area contributed by atoms with Crippen molar-refractivity contribution in [1.82, 2.24) is 24.9 Å². The number of hydrogen-bond acceptors (Lipinski definition) is 8. The van der Waals surface area contributed by atoms with E-state index in [-0.39, 0.29) is 0 Å². The summed E-state index contributed by atoms with van der Waals surface area (Å²) in [4.78, 5) is 4.50. The molecule has 0 spiro atoms. The third kappa shape index (κ3) is 5.54. The van der Waals surface area contributed by atoms with Gasteiger partial charge in [-0.3, -0.25) is 4.57 Å². The minimum Gasteiger partial charge on any atom is -0.497 e. The molecule has 0 aliphatic carbocycles. The van der Waals surface area contributed by atoms with E-state index in [9.17, 15) is 0 Å². The Bertz CT molecular complexity index is 1190. The summed E-state index contributed by atoms with van der Waals surface area (Å²) in [5, 5.41) is 13.8. The number of aromatic nitrogens is 5. The quantitative estimate of drug-likeness (QED) is 0.295. The average Bonchev–Trinajstić information content (AvgIpc) is 3.45. The lowest BCUT2D eigenvalue weighted by Crippen LogP contribution is -2.01. The first-order valence-electron chi connectivity index (χ1n) is 10.8. The van der Waals surface area contributed by atoms with Crippen molar-refractivity contribution in [3.05, 3.63) is 60.2 Å². The average molecular weight is 466 g/mol. The molecule has 0 atom stereocenters. The fourth-order valence-corrected chi connectivity index (χ4v) is 4.11. The van der Waals surface area contributed by atoms with Crippen LogP contribution >= 0.6 is 11.8 Å². The molecule has 172 valence electrons. The maximum absolute atomic E-state index is 5.60. The minimum absolute atomic E-state index is 0.458. The van der Waals surface area contributed by atoms with Gasteiger partial charge in [0.25, 0.3) is 0 Å². The van der Waals surface area contributed by atoms with Crippen molar-refractivity contribution in [2.45, 2.75) is 38.1 Å². The van der Waals surface area contributed by atoms with Crippen LogP contribution in [0.15, 0.2) is 58.2 Å². The van der Waals surface area contributed by atoms with E-state index in [1.54, 1.807) is 7.11 Å². The molecular formula is C24H27N5O3S. The third-order valence-electron chi connectivity index (χ3n) is 4.79. The number of thioether (sulfide) groups is 1. The number of methoxy groups -OCH3 is 1. The number of ether oxygens (including phenoxy) is 2. The van der Waals surface area contributed by atoms with Crippen molar-refractivity contribution in [2.24, 2.45) is 5.92 Å². The van der Waals surface area contributed by atoms with Crippen molar-refractivity contribution in [3.8, 4) is 28.6 Å². The minimum atomic E-state index is 0.458. The molecule has 0 bridgehead atoms. The summed E-state index contributed by atoms with van der Waals surface area (Å²) in [5.41, 5.74) is 1.83. The Morgan fingerprint density at radius 1 is 1.06 bits per heavy atom. The SMILES string of the molecule is CCOc1ccc(-n2c(SCc3noc(CC(C)C)n3)nnc2-c2cccc(OC)c2)cc1. The van der Waals surface area contributed by atoms with Gasteiger partial charge in [0.15, 0.2) is 16.8 Å². The van der Waals surface area contributed by atoms with Crippen LogP contribution in [-0.2, 0) is 12.2 Å². The van der Waals surface area contributed by atoms with Gasteiger partial charge >= 0.3 is 0 Å². The van der Waals surface area contributed by atoms with Crippen molar-refractivity contribution in [3.63, 3.8) is 0 Å². The second-order valence-electron chi connectivity index (χ2n) is 7.79. The summed E-state index contributed by atoms with van der Waals surface area (Å²) in [6.45, 7) is 6.83. The highest BCUT2D eigenvalue weighted by atomic mass is 32.2. The standard InChI is InChI=1S/C24H27N5O3S/c1-5-31-19-11-9-18(10-12-19)29-23(17-7-6-8-20(14-17)30-4)26-27-24(29)33-15-21-25-22(32-28-21)13-16(2)3/h6-12,14,16H,5,13,15H2,1-4H3. The van der Waals surface area contributed by atoms with E-state index in [2.05, 4.69) is 34.2 Å². The molecule has 0 N–H and O–H groups in total. The van der Waals surface area contributed by atoms with E-state index in [1.807, 2.05) is 60.0 Å². The highest BCUT2D eigenvalue weighted by molar-refractivity contribution is 7.98. The summed E-state index contributed by atoms with van der Waals surface area (Å²) < 4.78 is 18.4. The van der Waals surface area contributed by atoms with Gasteiger partial charge in [-0.05, 0) is 49.2 Å². The number of hydrogen-bond donors (Lipinski definition) is 0. The van der Waals surface area contributed by atoms with Gasteiger partial charge in [0.1, 0.15) is 11.5 Å². The molecule has 0 radical (unpaired) electrons. The van der Waals surface area contributed by atoms with E-state index in [0.29, 0.717) is 35.8 Å². The van der Waals surface area contributed by atoms with Gasteiger partial charge in [-0.2, -0.15) is 4.98 Å². The van der Waals surface area contributed by atoms with E-state index < -0.39 is 0 Å². The lowest BCUT2D eigenvalue weighted by Gasteiger charge is -2.11. The fraction of sp³-hybridized carbons (Fsp3) is 0.333. The molecule has 0 aliphatic heterocycles. The van der Waals surface area contributed by atoms with Crippen molar-refractivity contribution in [2.75, 3.05) is 13.7 Å². The number of benzene rings is 2. The van der Waals surface area contributed by atoms with Crippen LogP contribution in [0.2, 0.25) is 0 Å². The van der Waals surface area contributed by atoms with Crippen molar-refractivity contribution < 1.29 is 14.0 Å². The summed E-state index contributed by atoms with van der Waals surface area (Å²) >= 11 is 1.51. The van der Waals surface area contributed by atoms with Gasteiger partial charge in [-0.25, -0.2) is 0 Å². The van der Waals surface area contributed by atoms with Gasteiger partial charge in [0, 0.05) is 17.7 Å². The van der Waals surface area contributed by atoms with Crippen molar-refractivity contribution in [1.29, 1.82) is 0 Å². The topological polar surface area (TPSA) is 88.1 Å². The van der Waals surface area contributed by atoms with E-state index in [1.165, 1.54) is 11.8 Å². The Morgan fingerprint density at radius 2 is 1.88 bits per heavy atom. The highest BCUT2D eigenvalue weighted by Crippen LogP contribution is 2.31. The summed E-state index contributed by atoms with van der Waals surface area (Å²) in [7, 11) is 1.65. The second-order valence-corrected chi connectivity index (χ2v) is 8.73. The Labute approximate surface area is 197 Å². The maximum atomic E-state index is 5.60. The van der Waals surface area contributed by atoms with Crippen LogP contribution < -0.4 is 9.47 Å². The molecule has 0 fully saturated rings. The summed E-state index contributed by atoms with van der Waals surface area (Å²) in [5.74, 6) is 4.57. The van der Waals surface area contributed by atoms with Crippen LogP contribution in [-0.4, -0.2) is 38.6 Å². The third-order valence-corrected chi connectivity index (χ3v) is 5.72. The van der Waals surface area contributed by atoms with Crippen LogP contribution in [0.25, 0.3) is 17.1 Å². The zero-order valence-corrected chi connectivity index (χ0v) is 20.0. The molecular weight excluding hydrogens is 438 g/mol. The van der Waals surface area contributed by atoms with Crippen LogP contribution in [0.4, 0.5) is 0 Å². The first-order valence-corrected chi connectivity index (χ1v) is 11.8. The monoisotopic (exact) mass is 465 g/mol. The second kappa shape index (κ2) is 10.5. The predicted octanol–water partition coefficient (Wildman–Crippen LogP) is 5.22. The number of nitrogens with zero attached hydrogens (tertiary/aromatic N) is 5. The first kappa shape index (κ1) is 22.8. The Hall–Kier alpha value is -3.33.